The van der Waals surface area contributed by atoms with Gasteiger partial charge >= 0.3 is 20.6 Å². The predicted octanol–water partition coefficient (Wildman–Crippen LogP) is 1.86. The summed E-state index contributed by atoms with van der Waals surface area (Å²) in [6.45, 7) is 0. The topological polar surface area (TPSA) is 46.5 Å². The van der Waals surface area contributed by atoms with Crippen LogP contribution in [0.3, 0.4) is 0 Å². The first-order valence-corrected chi connectivity index (χ1v) is 5.79. The minimum atomic E-state index is -1.28. The van der Waals surface area contributed by atoms with Crippen molar-refractivity contribution in [1.82, 2.24) is 0 Å². The normalized spacial score (nSPS) is 18.6. The lowest BCUT2D eigenvalue weighted by atomic mass is 10.3. The Kier molecular flexibility index (Phi) is 3.04. The second kappa shape index (κ2) is 3.85. The molecule has 1 saturated heterocycles. The van der Waals surface area contributed by atoms with Crippen molar-refractivity contribution in [2.75, 3.05) is 0 Å². The molecule has 1 aliphatic heterocycles. The quantitative estimate of drug-likeness (QED) is 0.592. The van der Waals surface area contributed by atoms with E-state index in [9.17, 15) is 4.79 Å². The molecule has 0 radical (unpaired) electrons. The molecule has 1 rings (SSSR count). The highest BCUT2D eigenvalue weighted by Crippen LogP contribution is 2.19. The van der Waals surface area contributed by atoms with Gasteiger partial charge in [-0.2, -0.15) is 0 Å². The Morgan fingerprint density at radius 1 is 1.30 bits per heavy atom. The van der Waals surface area contributed by atoms with E-state index in [1.807, 2.05) is 0 Å². The Balaban J connectivity index is 2.19. The zero-order valence-corrected chi connectivity index (χ0v) is 7.03. The molecule has 4 heteroatoms. The van der Waals surface area contributed by atoms with E-state index in [1.165, 1.54) is 19.3 Å². The maximum absolute atomic E-state index is 10.1. The van der Waals surface area contributed by atoms with Crippen LogP contribution in [0.5, 0.6) is 0 Å². The van der Waals surface area contributed by atoms with Gasteiger partial charge in [0.1, 0.15) is 0 Å². The van der Waals surface area contributed by atoms with Crippen LogP contribution in [0.1, 0.15) is 19.3 Å². The number of carbonyl (C=O) groups is 1. The Hall–Kier alpha value is -0.198. The van der Waals surface area contributed by atoms with Crippen LogP contribution in [0.25, 0.3) is 0 Å². The molecule has 1 heterocycles. The lowest BCUT2D eigenvalue weighted by Crippen LogP contribution is -2.23. The third-order valence-electron chi connectivity index (χ3n) is 1.82. The highest BCUT2D eigenvalue weighted by atomic mass is 27.2. The van der Waals surface area contributed by atoms with Gasteiger partial charge in [-0.05, 0) is 0 Å². The van der Waals surface area contributed by atoms with Crippen LogP contribution in [0.15, 0.2) is 0 Å². The van der Waals surface area contributed by atoms with Gasteiger partial charge in [0.2, 0.25) is 0 Å². The molecule has 10 heavy (non-hydrogen) atoms. The molecular weight excluding hydrogens is 147 g/mol. The second-order valence-corrected chi connectivity index (χ2v) is 5.28. The molecule has 0 aliphatic carbocycles. The predicted molar refractivity (Wildman–Crippen MR) is 38.3 cm³/mol. The molecule has 0 unspecified atom stereocenters. The van der Waals surface area contributed by atoms with Crippen molar-refractivity contribution in [2.45, 2.75) is 29.8 Å². The average molecular weight is 158 g/mol. The zero-order chi connectivity index (χ0) is 7.40. The monoisotopic (exact) mass is 158 g/mol. The largest absolute Gasteiger partial charge is 0.585 e. The van der Waals surface area contributed by atoms with Crippen molar-refractivity contribution in [3.05, 3.63) is 0 Å². The van der Waals surface area contributed by atoms with Crippen molar-refractivity contribution >= 4 is 20.6 Å². The number of hydrogen-bond donors (Lipinski definition) is 1. The summed E-state index contributed by atoms with van der Waals surface area (Å²) in [4.78, 5) is 10.1. The smallest absolute Gasteiger partial charge is 0.552 e. The van der Waals surface area contributed by atoms with Gasteiger partial charge in [-0.3, -0.25) is 0 Å². The third kappa shape index (κ3) is 2.59. The standard InChI is InChI=1S/C5H10.CH2O3.Al/c1-3-5-4-2;2-1(3)4;/h1-5H2;(H2,2,3,4);/q;;+1/p-1. The summed E-state index contributed by atoms with van der Waals surface area (Å²) in [5.74, 6) is 0. The highest BCUT2D eigenvalue weighted by Gasteiger charge is 2.27. The Morgan fingerprint density at radius 2 is 1.90 bits per heavy atom. The zero-order valence-electron chi connectivity index (χ0n) is 5.88. The molecule has 1 N–H and O–H groups in total. The van der Waals surface area contributed by atoms with E-state index in [-0.39, 0.29) is 0 Å². The van der Waals surface area contributed by atoms with Gasteiger partial charge in [0.25, 0.3) is 0 Å². The van der Waals surface area contributed by atoms with Crippen LogP contribution in [0, 0.1) is 0 Å². The summed E-state index contributed by atoms with van der Waals surface area (Å²) in [5.41, 5.74) is 0. The fraction of sp³-hybridized carbons (Fsp3) is 0.833. The van der Waals surface area contributed by atoms with Crippen molar-refractivity contribution in [1.29, 1.82) is 0 Å². The summed E-state index contributed by atoms with van der Waals surface area (Å²) in [5, 5.41) is 10.4. The molecule has 0 amide bonds. The minimum absolute atomic E-state index is 1.05. The van der Waals surface area contributed by atoms with Gasteiger partial charge in [-0.25, -0.2) is 4.79 Å². The van der Waals surface area contributed by atoms with Crippen molar-refractivity contribution in [3.8, 4) is 0 Å². The maximum Gasteiger partial charge on any atom is 0.552 e. The third-order valence-corrected chi connectivity index (χ3v) is 4.46. The van der Waals surface area contributed by atoms with Gasteiger partial charge < -0.3 is 8.90 Å². The van der Waals surface area contributed by atoms with Crippen LogP contribution < -0.4 is 0 Å². The fourth-order valence-corrected chi connectivity index (χ4v) is 3.62. The summed E-state index contributed by atoms with van der Waals surface area (Å²) in [7, 11) is 0. The van der Waals surface area contributed by atoms with Crippen LogP contribution in [0.2, 0.25) is 10.6 Å². The average Bonchev–Trinajstić information content (AvgIpc) is 1.88. The number of rotatable bonds is 1. The van der Waals surface area contributed by atoms with E-state index < -0.39 is 20.6 Å². The lowest BCUT2D eigenvalue weighted by molar-refractivity contribution is 0.143. The van der Waals surface area contributed by atoms with E-state index in [1.54, 1.807) is 0 Å². The molecule has 3 nitrogen and oxygen atoms in total. The highest BCUT2D eigenvalue weighted by molar-refractivity contribution is 6.53. The molecule has 56 valence electrons. The molecule has 0 aromatic heterocycles. The second-order valence-electron chi connectivity index (χ2n) is 2.64. The summed E-state index contributed by atoms with van der Waals surface area (Å²) in [6, 6.07) is 0. The van der Waals surface area contributed by atoms with Crippen LogP contribution in [-0.2, 0) is 3.79 Å². The van der Waals surface area contributed by atoms with Crippen LogP contribution in [-0.4, -0.2) is 25.7 Å². The molecule has 0 aromatic carbocycles. The first-order valence-electron chi connectivity index (χ1n) is 3.68. The molecule has 0 saturated carbocycles. The molecular formula is C6H11AlO3. The summed E-state index contributed by atoms with van der Waals surface area (Å²) < 4.78 is 4.75. The first kappa shape index (κ1) is 7.90. The van der Waals surface area contributed by atoms with Gasteiger partial charge in [0.15, 0.2) is 0 Å². The maximum atomic E-state index is 10.1. The Labute approximate surface area is 64.7 Å². The van der Waals surface area contributed by atoms with Gasteiger partial charge in [0, 0.05) is 0 Å². The lowest BCUT2D eigenvalue weighted by Gasteiger charge is -2.14. The SMILES string of the molecule is O=C(O)[O][Al]1[CH2]CCC[CH2]1. The fourth-order valence-electron chi connectivity index (χ4n) is 1.33. The molecule has 0 aromatic rings. The van der Waals surface area contributed by atoms with E-state index in [0.29, 0.717) is 0 Å². The summed E-state index contributed by atoms with van der Waals surface area (Å²) >= 11 is -1.28. The van der Waals surface area contributed by atoms with Gasteiger partial charge in [-0.15, -0.1) is 0 Å². The van der Waals surface area contributed by atoms with Crippen LogP contribution in [0.4, 0.5) is 4.79 Å². The molecule has 0 spiro atoms. The van der Waals surface area contributed by atoms with Crippen molar-refractivity contribution in [2.24, 2.45) is 0 Å². The van der Waals surface area contributed by atoms with Crippen molar-refractivity contribution in [3.63, 3.8) is 0 Å². The van der Waals surface area contributed by atoms with Gasteiger partial charge in [0.05, 0.1) is 0 Å². The molecule has 1 fully saturated rings. The Bertz CT molecular complexity index is 120. The summed E-state index contributed by atoms with van der Waals surface area (Å²) in [6.07, 6.45) is 2.53. The van der Waals surface area contributed by atoms with E-state index >= 15 is 0 Å². The van der Waals surface area contributed by atoms with Crippen molar-refractivity contribution < 1.29 is 13.7 Å². The van der Waals surface area contributed by atoms with E-state index in [4.69, 9.17) is 8.90 Å². The number of hydrogen-bond acceptors (Lipinski definition) is 2. The number of carboxylic acid groups (broad SMARTS) is 1. The van der Waals surface area contributed by atoms with Crippen LogP contribution >= 0.6 is 0 Å². The molecule has 0 bridgehead atoms. The molecule has 0 atom stereocenters. The van der Waals surface area contributed by atoms with E-state index in [2.05, 4.69) is 0 Å². The van der Waals surface area contributed by atoms with E-state index in [0.717, 1.165) is 10.6 Å². The molecule has 1 aliphatic rings. The Morgan fingerprint density at radius 3 is 2.40 bits per heavy atom. The minimum Gasteiger partial charge on any atom is -0.585 e. The first-order chi connectivity index (χ1) is 4.79. The van der Waals surface area contributed by atoms with Gasteiger partial charge in [-0.1, -0.05) is 29.8 Å².